The molecule has 0 aliphatic rings. The first-order valence-electron chi connectivity index (χ1n) is 7.09. The van der Waals surface area contributed by atoms with Crippen molar-refractivity contribution in [2.75, 3.05) is 6.54 Å². The number of aryl methyl sites for hydroxylation is 1. The summed E-state index contributed by atoms with van der Waals surface area (Å²) in [6.07, 6.45) is 0.864. The number of nitrogens with one attached hydrogen (secondary N) is 2. The molecule has 0 spiro atoms. The molecule has 5 nitrogen and oxygen atoms in total. The Morgan fingerprint density at radius 3 is 2.24 bits per heavy atom. The highest BCUT2D eigenvalue weighted by molar-refractivity contribution is 7.89. The zero-order valence-corrected chi connectivity index (χ0v) is 13.8. The molecule has 0 saturated carbocycles. The third-order valence-electron chi connectivity index (χ3n) is 3.08. The van der Waals surface area contributed by atoms with Gasteiger partial charge in [0.15, 0.2) is 0 Å². The summed E-state index contributed by atoms with van der Waals surface area (Å²) >= 11 is 0. The fraction of sp³-hybridized carbons (Fsp3) is 0.533. The van der Waals surface area contributed by atoms with Crippen molar-refractivity contribution in [1.82, 2.24) is 10.0 Å². The average Bonchev–Trinajstić information content (AvgIpc) is 2.38. The Labute approximate surface area is 127 Å². The number of carbonyl (C=O) groups excluding carboxylic acids is 1. The van der Waals surface area contributed by atoms with E-state index in [0.29, 0.717) is 12.5 Å². The van der Waals surface area contributed by atoms with Gasteiger partial charge in [-0.3, -0.25) is 4.79 Å². The minimum Gasteiger partial charge on any atom is -0.355 e. The van der Waals surface area contributed by atoms with E-state index in [9.17, 15) is 13.2 Å². The van der Waals surface area contributed by atoms with E-state index < -0.39 is 16.1 Å². The highest BCUT2D eigenvalue weighted by Crippen LogP contribution is 2.10. The lowest BCUT2D eigenvalue weighted by molar-refractivity contribution is -0.122. The minimum absolute atomic E-state index is 0.162. The highest BCUT2D eigenvalue weighted by Gasteiger charge is 2.21. The van der Waals surface area contributed by atoms with Crippen LogP contribution in [0.4, 0.5) is 0 Å². The van der Waals surface area contributed by atoms with Crippen LogP contribution in [0.1, 0.15) is 32.8 Å². The Balaban J connectivity index is 2.62. The molecule has 0 unspecified atom stereocenters. The molecule has 118 valence electrons. The number of sulfonamides is 1. The number of hydrogen-bond donors (Lipinski definition) is 2. The van der Waals surface area contributed by atoms with Crippen LogP contribution in [-0.2, 0) is 14.8 Å². The molecule has 1 atom stereocenters. The van der Waals surface area contributed by atoms with Gasteiger partial charge in [-0.05, 0) is 38.3 Å². The molecule has 1 amide bonds. The molecular weight excluding hydrogens is 288 g/mol. The third kappa shape index (κ3) is 5.85. The van der Waals surface area contributed by atoms with E-state index in [1.54, 1.807) is 12.1 Å². The summed E-state index contributed by atoms with van der Waals surface area (Å²) < 4.78 is 26.7. The summed E-state index contributed by atoms with van der Waals surface area (Å²) in [6.45, 7) is 8.10. The van der Waals surface area contributed by atoms with Crippen LogP contribution >= 0.6 is 0 Å². The van der Waals surface area contributed by atoms with E-state index in [1.165, 1.54) is 19.1 Å². The van der Waals surface area contributed by atoms with Gasteiger partial charge in [0.05, 0.1) is 10.9 Å². The van der Waals surface area contributed by atoms with Gasteiger partial charge in [-0.2, -0.15) is 4.72 Å². The lowest BCUT2D eigenvalue weighted by Gasteiger charge is -2.15. The quantitative estimate of drug-likeness (QED) is 0.806. The van der Waals surface area contributed by atoms with Crippen molar-refractivity contribution in [1.29, 1.82) is 0 Å². The minimum atomic E-state index is -3.67. The molecule has 6 heteroatoms. The first kappa shape index (κ1) is 17.7. The van der Waals surface area contributed by atoms with Gasteiger partial charge in [0.2, 0.25) is 15.9 Å². The molecule has 0 aliphatic carbocycles. The van der Waals surface area contributed by atoms with Crippen molar-refractivity contribution in [3.05, 3.63) is 29.8 Å². The van der Waals surface area contributed by atoms with Gasteiger partial charge in [0, 0.05) is 6.54 Å². The van der Waals surface area contributed by atoms with Crippen LogP contribution in [0.15, 0.2) is 29.2 Å². The number of benzene rings is 1. The molecular formula is C15H24N2O3S. The lowest BCUT2D eigenvalue weighted by Crippen LogP contribution is -2.45. The molecule has 0 aliphatic heterocycles. The van der Waals surface area contributed by atoms with Gasteiger partial charge in [0.25, 0.3) is 0 Å². The van der Waals surface area contributed by atoms with Crippen molar-refractivity contribution >= 4 is 15.9 Å². The van der Waals surface area contributed by atoms with E-state index in [1.807, 2.05) is 6.92 Å². The van der Waals surface area contributed by atoms with Crippen molar-refractivity contribution in [2.45, 2.75) is 45.1 Å². The van der Waals surface area contributed by atoms with Crippen LogP contribution in [0.5, 0.6) is 0 Å². The first-order chi connectivity index (χ1) is 9.72. The van der Waals surface area contributed by atoms with Crippen LogP contribution in [-0.4, -0.2) is 26.9 Å². The molecule has 0 aromatic heterocycles. The number of rotatable bonds is 7. The Morgan fingerprint density at radius 2 is 1.71 bits per heavy atom. The number of carbonyl (C=O) groups is 1. The zero-order valence-electron chi connectivity index (χ0n) is 13.0. The molecule has 1 aromatic rings. The topological polar surface area (TPSA) is 75.3 Å². The lowest BCUT2D eigenvalue weighted by atomic mass is 10.1. The molecule has 1 rings (SSSR count). The average molecular weight is 312 g/mol. The summed E-state index contributed by atoms with van der Waals surface area (Å²) in [7, 11) is -3.67. The van der Waals surface area contributed by atoms with Crippen molar-refractivity contribution < 1.29 is 13.2 Å². The maximum Gasteiger partial charge on any atom is 0.241 e. The maximum absolute atomic E-state index is 12.1. The Bertz CT molecular complexity index is 565. The monoisotopic (exact) mass is 312 g/mol. The maximum atomic E-state index is 12.1. The predicted octanol–water partition coefficient (Wildman–Crippen LogP) is 1.82. The van der Waals surface area contributed by atoms with Gasteiger partial charge < -0.3 is 5.32 Å². The van der Waals surface area contributed by atoms with Crippen LogP contribution in [0.2, 0.25) is 0 Å². The zero-order chi connectivity index (χ0) is 16.0. The second kappa shape index (κ2) is 7.56. The van der Waals surface area contributed by atoms with Gasteiger partial charge in [0.1, 0.15) is 0 Å². The second-order valence-electron chi connectivity index (χ2n) is 5.63. The van der Waals surface area contributed by atoms with Crippen molar-refractivity contribution in [2.24, 2.45) is 5.92 Å². The molecule has 21 heavy (non-hydrogen) atoms. The van der Waals surface area contributed by atoms with Crippen molar-refractivity contribution in [3.8, 4) is 0 Å². The largest absolute Gasteiger partial charge is 0.355 e. The van der Waals surface area contributed by atoms with Crippen LogP contribution in [0.25, 0.3) is 0 Å². The third-order valence-corrected chi connectivity index (χ3v) is 4.63. The van der Waals surface area contributed by atoms with Crippen LogP contribution in [0.3, 0.4) is 0 Å². The molecule has 0 saturated heterocycles. The summed E-state index contributed by atoms with van der Waals surface area (Å²) in [5.41, 5.74) is 0.980. The molecule has 0 bridgehead atoms. The van der Waals surface area contributed by atoms with E-state index in [0.717, 1.165) is 12.0 Å². The summed E-state index contributed by atoms with van der Waals surface area (Å²) in [6, 6.07) is 5.70. The standard InChI is InChI=1S/C15H24N2O3S/c1-11(2)9-10-16-15(18)13(4)17-21(19,20)14-7-5-12(3)6-8-14/h5-8,11,13,17H,9-10H2,1-4H3,(H,16,18)/t13-/m1/s1. The summed E-state index contributed by atoms with van der Waals surface area (Å²) in [5, 5.41) is 2.73. The van der Waals surface area contributed by atoms with E-state index in [2.05, 4.69) is 23.9 Å². The molecule has 0 heterocycles. The Hall–Kier alpha value is -1.40. The summed E-state index contributed by atoms with van der Waals surface area (Å²) in [5.74, 6) is 0.177. The van der Waals surface area contributed by atoms with Gasteiger partial charge in [-0.25, -0.2) is 8.42 Å². The van der Waals surface area contributed by atoms with Crippen molar-refractivity contribution in [3.63, 3.8) is 0 Å². The second-order valence-corrected chi connectivity index (χ2v) is 7.34. The number of hydrogen-bond acceptors (Lipinski definition) is 3. The molecule has 1 aromatic carbocycles. The smallest absolute Gasteiger partial charge is 0.241 e. The molecule has 2 N–H and O–H groups in total. The Morgan fingerprint density at radius 1 is 1.14 bits per heavy atom. The fourth-order valence-corrected chi connectivity index (χ4v) is 2.91. The van der Waals surface area contributed by atoms with Gasteiger partial charge >= 0.3 is 0 Å². The number of amides is 1. The normalized spacial score (nSPS) is 13.2. The van der Waals surface area contributed by atoms with Gasteiger partial charge in [-0.15, -0.1) is 0 Å². The van der Waals surface area contributed by atoms with Crippen LogP contribution < -0.4 is 10.0 Å². The molecule has 0 fully saturated rings. The van der Waals surface area contributed by atoms with E-state index >= 15 is 0 Å². The molecule has 0 radical (unpaired) electrons. The van der Waals surface area contributed by atoms with Gasteiger partial charge in [-0.1, -0.05) is 31.5 Å². The SMILES string of the molecule is Cc1ccc(S(=O)(=O)N[C@H](C)C(=O)NCCC(C)C)cc1. The fourth-order valence-electron chi connectivity index (χ4n) is 1.71. The highest BCUT2D eigenvalue weighted by atomic mass is 32.2. The predicted molar refractivity (Wildman–Crippen MR) is 83.4 cm³/mol. The first-order valence-corrected chi connectivity index (χ1v) is 8.57. The van der Waals surface area contributed by atoms with E-state index in [-0.39, 0.29) is 10.8 Å². The van der Waals surface area contributed by atoms with E-state index in [4.69, 9.17) is 0 Å². The van der Waals surface area contributed by atoms with Crippen LogP contribution in [0, 0.1) is 12.8 Å². The Kier molecular flexibility index (Phi) is 6.36. The summed E-state index contributed by atoms with van der Waals surface area (Å²) in [4.78, 5) is 12.0.